The molecule has 1 amide bonds. The molecule has 2 aromatic carbocycles. The summed E-state index contributed by atoms with van der Waals surface area (Å²) < 4.78 is 0. The Morgan fingerprint density at radius 1 is 1.21 bits per heavy atom. The number of carbonyl (C=O) groups is 1. The average Bonchev–Trinajstić information content (AvgIpc) is 2.66. The fraction of sp³-hybridized carbons (Fsp3) is 0.217. The van der Waals surface area contributed by atoms with Gasteiger partial charge in [-0.2, -0.15) is 5.26 Å². The lowest BCUT2D eigenvalue weighted by molar-refractivity contribution is -0.112. The number of halogens is 2. The Hall–Kier alpha value is -2.74. The van der Waals surface area contributed by atoms with Gasteiger partial charge in [-0.3, -0.25) is 4.79 Å². The van der Waals surface area contributed by atoms with Gasteiger partial charge in [-0.1, -0.05) is 29.3 Å². The predicted molar refractivity (Wildman–Crippen MR) is 121 cm³/mol. The molecule has 0 spiro atoms. The van der Waals surface area contributed by atoms with Crippen molar-refractivity contribution >= 4 is 52.1 Å². The fourth-order valence-corrected chi connectivity index (χ4v) is 3.67. The van der Waals surface area contributed by atoms with Crippen LogP contribution in [0, 0.1) is 11.3 Å². The number of nitrogens with one attached hydrogen (secondary N) is 1. The first-order valence-corrected chi connectivity index (χ1v) is 9.84. The van der Waals surface area contributed by atoms with Crippen molar-refractivity contribution in [3.63, 3.8) is 0 Å². The van der Waals surface area contributed by atoms with Gasteiger partial charge >= 0.3 is 0 Å². The molecule has 1 N–H and O–H groups in total. The van der Waals surface area contributed by atoms with Crippen LogP contribution >= 0.6 is 23.2 Å². The lowest BCUT2D eigenvalue weighted by Gasteiger charge is -2.40. The summed E-state index contributed by atoms with van der Waals surface area (Å²) in [7, 11) is 2.02. The SMILES string of the molecule is CC1=CC(C)(C)N(C)c2cc(Cl)c(/C=C(/C#N)C(=O)Nc3ccc(Cl)cc3)cc21. The summed E-state index contributed by atoms with van der Waals surface area (Å²) >= 11 is 12.4. The minimum absolute atomic E-state index is 0.0343. The van der Waals surface area contributed by atoms with E-state index in [2.05, 4.69) is 30.1 Å². The molecule has 0 radical (unpaired) electrons. The molecule has 0 aromatic heterocycles. The molecular weight excluding hydrogens is 405 g/mol. The van der Waals surface area contributed by atoms with E-state index in [-0.39, 0.29) is 11.1 Å². The number of allylic oxidation sites excluding steroid dienone is 1. The Morgan fingerprint density at radius 2 is 1.86 bits per heavy atom. The third kappa shape index (κ3) is 4.32. The van der Waals surface area contributed by atoms with E-state index < -0.39 is 5.91 Å². The molecule has 0 fully saturated rings. The highest BCUT2D eigenvalue weighted by molar-refractivity contribution is 6.33. The van der Waals surface area contributed by atoms with Gasteiger partial charge in [-0.25, -0.2) is 0 Å². The molecule has 2 aromatic rings. The first-order chi connectivity index (χ1) is 13.6. The van der Waals surface area contributed by atoms with Crippen LogP contribution in [0.4, 0.5) is 11.4 Å². The second-order valence-electron chi connectivity index (χ2n) is 7.56. The smallest absolute Gasteiger partial charge is 0.266 e. The first-order valence-electron chi connectivity index (χ1n) is 9.08. The summed E-state index contributed by atoms with van der Waals surface area (Å²) in [6.45, 7) is 6.32. The number of rotatable bonds is 3. The number of benzene rings is 2. The standard InChI is InChI=1S/C23H21Cl2N3O/c1-14-12-23(2,3)28(4)21-11-20(25)15(10-19(14)21)9-16(13-26)22(29)27-18-7-5-17(24)6-8-18/h5-12H,1-4H3,(H,27,29)/b16-9-. The van der Waals surface area contributed by atoms with E-state index in [0.717, 1.165) is 16.8 Å². The van der Waals surface area contributed by atoms with Crippen LogP contribution in [-0.4, -0.2) is 18.5 Å². The van der Waals surface area contributed by atoms with Crippen LogP contribution in [0.25, 0.3) is 11.6 Å². The molecule has 4 nitrogen and oxygen atoms in total. The van der Waals surface area contributed by atoms with Gasteiger partial charge in [0.2, 0.25) is 0 Å². The van der Waals surface area contributed by atoms with Crippen molar-refractivity contribution in [2.75, 3.05) is 17.3 Å². The van der Waals surface area contributed by atoms with E-state index >= 15 is 0 Å². The number of nitriles is 1. The van der Waals surface area contributed by atoms with Crippen molar-refractivity contribution in [1.82, 2.24) is 0 Å². The van der Waals surface area contributed by atoms with E-state index in [9.17, 15) is 10.1 Å². The molecule has 1 aliphatic heterocycles. The molecular formula is C23H21Cl2N3O. The number of likely N-dealkylation sites (N-methyl/N-ethyl adjacent to an activating group) is 1. The third-order valence-electron chi connectivity index (χ3n) is 5.10. The molecule has 0 aliphatic carbocycles. The van der Waals surface area contributed by atoms with Crippen molar-refractivity contribution in [1.29, 1.82) is 5.26 Å². The van der Waals surface area contributed by atoms with Crippen LogP contribution in [0.3, 0.4) is 0 Å². The molecule has 0 unspecified atom stereocenters. The van der Waals surface area contributed by atoms with Crippen molar-refractivity contribution in [3.05, 3.63) is 69.2 Å². The van der Waals surface area contributed by atoms with E-state index in [1.165, 1.54) is 6.08 Å². The maximum atomic E-state index is 12.5. The topological polar surface area (TPSA) is 56.1 Å². The number of anilines is 2. The van der Waals surface area contributed by atoms with Gasteiger partial charge in [0, 0.05) is 34.0 Å². The summed E-state index contributed by atoms with van der Waals surface area (Å²) in [6.07, 6.45) is 3.70. The van der Waals surface area contributed by atoms with Gasteiger partial charge in [0.05, 0.1) is 5.54 Å². The van der Waals surface area contributed by atoms with Gasteiger partial charge in [-0.15, -0.1) is 0 Å². The molecule has 0 saturated carbocycles. The minimum Gasteiger partial charge on any atom is -0.365 e. The van der Waals surface area contributed by atoms with Crippen molar-refractivity contribution < 1.29 is 4.79 Å². The molecule has 0 atom stereocenters. The van der Waals surface area contributed by atoms with Crippen LogP contribution < -0.4 is 10.2 Å². The van der Waals surface area contributed by atoms with Crippen LogP contribution in [-0.2, 0) is 4.79 Å². The van der Waals surface area contributed by atoms with E-state index in [1.54, 1.807) is 24.3 Å². The van der Waals surface area contributed by atoms with E-state index in [4.69, 9.17) is 23.2 Å². The number of hydrogen-bond acceptors (Lipinski definition) is 3. The highest BCUT2D eigenvalue weighted by atomic mass is 35.5. The maximum absolute atomic E-state index is 12.5. The second-order valence-corrected chi connectivity index (χ2v) is 8.41. The number of hydrogen-bond donors (Lipinski definition) is 1. The van der Waals surface area contributed by atoms with Gasteiger partial charge in [0.15, 0.2) is 0 Å². The van der Waals surface area contributed by atoms with Gasteiger partial charge in [0.1, 0.15) is 11.6 Å². The normalized spacial score (nSPS) is 15.3. The Morgan fingerprint density at radius 3 is 2.48 bits per heavy atom. The van der Waals surface area contributed by atoms with Gasteiger partial charge in [0.25, 0.3) is 5.91 Å². The summed E-state index contributed by atoms with van der Waals surface area (Å²) in [5.74, 6) is -0.505. The van der Waals surface area contributed by atoms with Gasteiger partial charge < -0.3 is 10.2 Å². The number of amides is 1. The molecule has 6 heteroatoms. The molecule has 0 saturated heterocycles. The van der Waals surface area contributed by atoms with Crippen LogP contribution in [0.2, 0.25) is 10.0 Å². The zero-order valence-corrected chi connectivity index (χ0v) is 18.2. The molecule has 148 valence electrons. The van der Waals surface area contributed by atoms with Crippen LogP contribution in [0.1, 0.15) is 31.9 Å². The molecule has 29 heavy (non-hydrogen) atoms. The Kier molecular flexibility index (Phi) is 5.75. The lowest BCUT2D eigenvalue weighted by Crippen LogP contribution is -2.42. The largest absolute Gasteiger partial charge is 0.365 e. The zero-order chi connectivity index (χ0) is 21.3. The number of fused-ring (bicyclic) bond motifs is 1. The fourth-order valence-electron chi connectivity index (χ4n) is 3.33. The highest BCUT2D eigenvalue weighted by Crippen LogP contribution is 2.40. The maximum Gasteiger partial charge on any atom is 0.266 e. The number of carbonyl (C=O) groups excluding carboxylic acids is 1. The molecule has 0 bridgehead atoms. The first kappa shape index (κ1) is 21.0. The summed E-state index contributed by atoms with van der Waals surface area (Å²) in [6, 6.07) is 12.4. The molecule has 1 heterocycles. The average molecular weight is 426 g/mol. The summed E-state index contributed by atoms with van der Waals surface area (Å²) in [5.41, 5.74) is 4.17. The Balaban J connectivity index is 1.96. The van der Waals surface area contributed by atoms with E-state index in [1.807, 2.05) is 32.2 Å². The number of nitrogens with zero attached hydrogens (tertiary/aromatic N) is 2. The van der Waals surface area contributed by atoms with Crippen molar-refractivity contribution in [2.24, 2.45) is 0 Å². The Labute approximate surface area is 181 Å². The highest BCUT2D eigenvalue weighted by Gasteiger charge is 2.29. The van der Waals surface area contributed by atoms with Crippen LogP contribution in [0.15, 0.2) is 48.0 Å². The molecule has 1 aliphatic rings. The van der Waals surface area contributed by atoms with Crippen LogP contribution in [0.5, 0.6) is 0 Å². The monoisotopic (exact) mass is 425 g/mol. The third-order valence-corrected chi connectivity index (χ3v) is 5.68. The Bertz CT molecular complexity index is 1080. The summed E-state index contributed by atoms with van der Waals surface area (Å²) in [4.78, 5) is 14.7. The van der Waals surface area contributed by atoms with E-state index in [0.29, 0.717) is 21.3 Å². The van der Waals surface area contributed by atoms with Gasteiger partial charge in [-0.05, 0) is 74.4 Å². The minimum atomic E-state index is -0.505. The zero-order valence-electron chi connectivity index (χ0n) is 16.7. The predicted octanol–water partition coefficient (Wildman–Crippen LogP) is 6.17. The van der Waals surface area contributed by atoms with Crippen molar-refractivity contribution in [2.45, 2.75) is 26.3 Å². The van der Waals surface area contributed by atoms with Crippen molar-refractivity contribution in [3.8, 4) is 6.07 Å². The quantitative estimate of drug-likeness (QED) is 0.472. The second kappa shape index (κ2) is 7.94. The summed E-state index contributed by atoms with van der Waals surface area (Å²) in [5, 5.41) is 13.3. The lowest BCUT2D eigenvalue weighted by atomic mass is 9.88. The molecule has 3 rings (SSSR count).